The minimum Gasteiger partial charge on any atom is -0.451 e. The number of benzene rings is 1. The van der Waals surface area contributed by atoms with Crippen LogP contribution in [0.25, 0.3) is 0 Å². The summed E-state index contributed by atoms with van der Waals surface area (Å²) in [6.45, 7) is 12.4. The number of nitriles is 1. The summed E-state index contributed by atoms with van der Waals surface area (Å²) in [5, 5.41) is 17.1. The van der Waals surface area contributed by atoms with E-state index in [4.69, 9.17) is 4.74 Å². The first-order valence-electron chi connectivity index (χ1n) is 21.8. The second-order valence-corrected chi connectivity index (χ2v) is 17.6. The zero-order chi connectivity index (χ0) is 47.8. The molecule has 63 heavy (non-hydrogen) atoms. The van der Waals surface area contributed by atoms with Gasteiger partial charge in [0.25, 0.3) is 5.91 Å². The van der Waals surface area contributed by atoms with Gasteiger partial charge in [-0.15, -0.1) is 0 Å². The monoisotopic (exact) mass is 892 g/mol. The van der Waals surface area contributed by atoms with Crippen molar-refractivity contribution in [2.45, 2.75) is 161 Å². The number of amides is 6. The molecule has 1 fully saturated rings. The Hall–Kier alpha value is -5.21. The van der Waals surface area contributed by atoms with Crippen molar-refractivity contribution in [3.8, 4) is 6.07 Å². The van der Waals surface area contributed by atoms with E-state index < -0.39 is 96.4 Å². The average Bonchev–Trinajstić information content (AvgIpc) is 3.21. The second-order valence-electron chi connectivity index (χ2n) is 17.6. The van der Waals surface area contributed by atoms with Gasteiger partial charge >= 0.3 is 12.1 Å². The fourth-order valence-corrected chi connectivity index (χ4v) is 7.42. The quantitative estimate of drug-likeness (QED) is 0.222. The number of nitrogens with zero attached hydrogens (tertiary/aromatic N) is 4. The van der Waals surface area contributed by atoms with E-state index in [1.807, 2.05) is 47.6 Å². The Labute approximate surface area is 370 Å². The van der Waals surface area contributed by atoms with Crippen LogP contribution in [0.2, 0.25) is 0 Å². The Kier molecular flexibility index (Phi) is 21.6. The Morgan fingerprint density at radius 1 is 0.730 bits per heavy atom. The minimum absolute atomic E-state index is 0.0737. The molecule has 1 aliphatic heterocycles. The van der Waals surface area contributed by atoms with Crippen LogP contribution in [0.1, 0.15) is 112 Å². The Morgan fingerprint density at radius 3 is 1.78 bits per heavy atom. The molecule has 1 heterocycles. The summed E-state index contributed by atoms with van der Waals surface area (Å²) in [5.41, 5.74) is 0.532. The fourth-order valence-electron chi connectivity index (χ4n) is 7.42. The molecular weight excluding hydrogens is 824 g/mol. The first-order chi connectivity index (χ1) is 29.4. The van der Waals surface area contributed by atoms with Gasteiger partial charge in [0.15, 0.2) is 6.10 Å². The van der Waals surface area contributed by atoms with E-state index in [1.165, 1.54) is 19.0 Å². The largest absolute Gasteiger partial charge is 0.451 e. The number of cyclic esters (lactones) is 1. The van der Waals surface area contributed by atoms with Crippen molar-refractivity contribution in [2.24, 2.45) is 17.8 Å². The number of ether oxygens (including phenoxy) is 1. The van der Waals surface area contributed by atoms with Crippen molar-refractivity contribution in [1.29, 1.82) is 5.26 Å². The van der Waals surface area contributed by atoms with Crippen molar-refractivity contribution >= 4 is 41.4 Å². The van der Waals surface area contributed by atoms with Gasteiger partial charge in [-0.2, -0.15) is 18.4 Å². The molecule has 3 N–H and O–H groups in total. The summed E-state index contributed by atoms with van der Waals surface area (Å²) in [7, 11) is 3.74. The van der Waals surface area contributed by atoms with Crippen molar-refractivity contribution in [3.63, 3.8) is 0 Å². The van der Waals surface area contributed by atoms with Crippen molar-refractivity contribution < 1.29 is 51.5 Å². The lowest BCUT2D eigenvalue weighted by molar-refractivity contribution is -0.166. The van der Waals surface area contributed by atoms with Crippen LogP contribution >= 0.6 is 0 Å². The number of unbranched alkanes of at least 4 members (excludes halogenated alkanes) is 1. The fraction of sp³-hybridized carbons (Fsp3) is 0.689. The third-order valence-corrected chi connectivity index (χ3v) is 11.2. The molecule has 1 aromatic carbocycles. The average molecular weight is 892 g/mol. The third-order valence-electron chi connectivity index (χ3n) is 11.2. The lowest BCUT2D eigenvalue weighted by atomic mass is 9.94. The van der Waals surface area contributed by atoms with Gasteiger partial charge in [-0.3, -0.25) is 28.8 Å². The van der Waals surface area contributed by atoms with Gasteiger partial charge in [-0.25, -0.2) is 4.79 Å². The SMILES string of the molecule is CCCC[C@@H](C)C[C@@H]1NC(=O)[C@@H](CCC#N)OC(=O)[C@H](C)N(C)C(=O)[C@H](CC(F)(F)F)NC(=O)[C@H](Cc2ccccc2)N(C)C(=O)[C@H](CC(C)C)NC(=O)[C@H](CC(C)C)N(C)C1=O. The van der Waals surface area contributed by atoms with E-state index in [0.29, 0.717) is 16.9 Å². The molecule has 0 aromatic heterocycles. The number of hydrogen-bond donors (Lipinski definition) is 3. The Morgan fingerprint density at radius 2 is 1.24 bits per heavy atom. The highest BCUT2D eigenvalue weighted by Crippen LogP contribution is 2.25. The predicted octanol–water partition coefficient (Wildman–Crippen LogP) is 4.67. The van der Waals surface area contributed by atoms with E-state index in [-0.39, 0.29) is 56.3 Å². The Bertz CT molecular complexity index is 1760. The van der Waals surface area contributed by atoms with Crippen LogP contribution in [0.5, 0.6) is 0 Å². The van der Waals surface area contributed by atoms with E-state index in [9.17, 15) is 52.0 Å². The summed E-state index contributed by atoms with van der Waals surface area (Å²) in [6.07, 6.45) is -6.55. The summed E-state index contributed by atoms with van der Waals surface area (Å²) < 4.78 is 47.9. The van der Waals surface area contributed by atoms with Gasteiger partial charge in [0.05, 0.1) is 12.5 Å². The molecule has 352 valence electrons. The van der Waals surface area contributed by atoms with Crippen LogP contribution in [-0.2, 0) is 44.7 Å². The number of alkyl halides is 3. The molecule has 8 atom stereocenters. The van der Waals surface area contributed by atoms with E-state index >= 15 is 0 Å². The van der Waals surface area contributed by atoms with Crippen LogP contribution in [0.3, 0.4) is 0 Å². The normalized spacial score (nSPS) is 25.0. The molecule has 15 nitrogen and oxygen atoms in total. The summed E-state index contributed by atoms with van der Waals surface area (Å²) in [4.78, 5) is 102. The van der Waals surface area contributed by atoms with Gasteiger partial charge in [0, 0.05) is 40.4 Å². The van der Waals surface area contributed by atoms with Crippen LogP contribution in [0.4, 0.5) is 13.2 Å². The molecule has 0 bridgehead atoms. The maximum atomic E-state index is 14.6. The number of hydrogen-bond acceptors (Lipinski definition) is 9. The van der Waals surface area contributed by atoms with Crippen LogP contribution in [-0.4, -0.2) is 126 Å². The zero-order valence-corrected chi connectivity index (χ0v) is 38.4. The number of likely N-dealkylation sites (N-methyl/N-ethyl adjacent to an activating group) is 3. The molecule has 2 rings (SSSR count). The smallest absolute Gasteiger partial charge is 0.391 e. The van der Waals surface area contributed by atoms with E-state index in [1.54, 1.807) is 30.3 Å². The predicted molar refractivity (Wildman–Crippen MR) is 229 cm³/mol. The number of esters is 1. The van der Waals surface area contributed by atoms with Crippen molar-refractivity contribution in [1.82, 2.24) is 30.7 Å². The lowest BCUT2D eigenvalue weighted by Crippen LogP contribution is -2.60. The van der Waals surface area contributed by atoms with E-state index in [0.717, 1.165) is 31.7 Å². The molecular formula is C45H68F3N7O8. The molecule has 0 aliphatic carbocycles. The lowest BCUT2D eigenvalue weighted by Gasteiger charge is -2.35. The molecule has 1 saturated heterocycles. The highest BCUT2D eigenvalue weighted by atomic mass is 19.4. The van der Waals surface area contributed by atoms with Gasteiger partial charge < -0.3 is 35.4 Å². The zero-order valence-electron chi connectivity index (χ0n) is 38.4. The first-order valence-corrected chi connectivity index (χ1v) is 21.8. The number of carbonyl (C=O) groups is 7. The maximum Gasteiger partial charge on any atom is 0.391 e. The van der Waals surface area contributed by atoms with Gasteiger partial charge in [-0.1, -0.05) is 91.1 Å². The maximum absolute atomic E-state index is 14.6. The molecule has 0 spiro atoms. The standard InChI is InChI=1S/C45H68F3N7O8/c1-11-12-17-29(6)24-33-42(60)54(9)35(23-28(4)5)38(56)50-32(22-27(2)3)41(59)55(10)36(25-31-18-14-13-15-19-31)39(57)52-34(26-45(46,47)48)43(61)53(8)30(7)44(62)63-37(20-16-21-49)40(58)51-33/h13-15,18-19,27-30,32-37H,11-12,16-17,20,22-26H2,1-10H3,(H,50,56)(H,51,58)(H,52,57)/t29-,30+,32+,33+,34+,35+,36+,37-/m1/s1. The highest BCUT2D eigenvalue weighted by molar-refractivity contribution is 5.97. The molecule has 6 amide bonds. The number of carbonyl (C=O) groups excluding carboxylic acids is 7. The number of rotatable bonds is 14. The molecule has 1 aromatic rings. The van der Waals surface area contributed by atoms with Crippen molar-refractivity contribution in [2.75, 3.05) is 21.1 Å². The van der Waals surface area contributed by atoms with Crippen LogP contribution in [0, 0.1) is 29.1 Å². The first kappa shape index (κ1) is 53.9. The molecule has 18 heteroatoms. The summed E-state index contributed by atoms with van der Waals surface area (Å²) in [6, 6.07) is 1.20. The minimum atomic E-state index is -4.99. The van der Waals surface area contributed by atoms with Crippen molar-refractivity contribution in [3.05, 3.63) is 35.9 Å². The molecule has 0 unspecified atom stereocenters. The molecule has 1 aliphatic rings. The number of nitrogens with one attached hydrogen (secondary N) is 3. The van der Waals surface area contributed by atoms with Gasteiger partial charge in [0.2, 0.25) is 29.5 Å². The Balaban J connectivity index is 2.90. The molecule has 0 saturated carbocycles. The second kappa shape index (κ2) is 25.2. The van der Waals surface area contributed by atoms with Crippen LogP contribution < -0.4 is 16.0 Å². The molecule has 0 radical (unpaired) electrons. The third kappa shape index (κ3) is 17.1. The summed E-state index contributed by atoms with van der Waals surface area (Å²) in [5.74, 6) is -7.11. The highest BCUT2D eigenvalue weighted by Gasteiger charge is 2.43. The van der Waals surface area contributed by atoms with E-state index in [2.05, 4.69) is 16.0 Å². The van der Waals surface area contributed by atoms with Crippen LogP contribution in [0.15, 0.2) is 30.3 Å². The van der Waals surface area contributed by atoms with Gasteiger partial charge in [-0.05, 0) is 49.5 Å². The number of halogens is 3. The summed E-state index contributed by atoms with van der Waals surface area (Å²) >= 11 is 0. The van der Waals surface area contributed by atoms with Gasteiger partial charge in [0.1, 0.15) is 36.3 Å². The topological polar surface area (TPSA) is 198 Å².